The molecule has 98 valence electrons. The zero-order valence-corrected chi connectivity index (χ0v) is 11.7. The molecular weight excluding hydrogens is 236 g/mol. The Morgan fingerprint density at radius 1 is 1.53 bits per heavy atom. The molecule has 1 aliphatic rings. The van der Waals surface area contributed by atoms with Crippen molar-refractivity contribution < 1.29 is 0 Å². The van der Waals surface area contributed by atoms with E-state index in [2.05, 4.69) is 48.3 Å². The van der Waals surface area contributed by atoms with Gasteiger partial charge in [0.05, 0.1) is 5.69 Å². The third kappa shape index (κ3) is 3.69. The van der Waals surface area contributed by atoms with E-state index in [1.54, 1.807) is 0 Å². The summed E-state index contributed by atoms with van der Waals surface area (Å²) in [4.78, 5) is 2.49. The Bertz CT molecular complexity index is 337. The van der Waals surface area contributed by atoms with Crippen molar-refractivity contribution in [2.75, 3.05) is 19.6 Å². The quantitative estimate of drug-likeness (QED) is 0.896. The summed E-state index contributed by atoms with van der Waals surface area (Å²) in [5.74, 6) is 0. The maximum Gasteiger partial charge on any atom is 0.0765 e. The lowest BCUT2D eigenvalue weighted by molar-refractivity contribution is 0.163. The van der Waals surface area contributed by atoms with Gasteiger partial charge >= 0.3 is 0 Å². The highest BCUT2D eigenvalue weighted by Crippen LogP contribution is 2.10. The molecular formula is C12H23ClN4. The molecule has 1 fully saturated rings. The molecule has 0 aromatic carbocycles. The van der Waals surface area contributed by atoms with Crippen LogP contribution in [0.1, 0.15) is 32.5 Å². The first-order valence-corrected chi connectivity index (χ1v) is 6.15. The molecule has 1 aromatic heterocycles. The molecule has 1 saturated heterocycles. The highest BCUT2D eigenvalue weighted by atomic mass is 35.5. The van der Waals surface area contributed by atoms with Gasteiger partial charge in [-0.25, -0.2) is 0 Å². The van der Waals surface area contributed by atoms with Crippen LogP contribution in [0.3, 0.4) is 0 Å². The number of halogens is 1. The maximum absolute atomic E-state index is 4.59. The second-order valence-electron chi connectivity index (χ2n) is 4.90. The van der Waals surface area contributed by atoms with Gasteiger partial charge in [0, 0.05) is 44.5 Å². The Balaban J connectivity index is 0.00000144. The summed E-state index contributed by atoms with van der Waals surface area (Å²) in [5.41, 5.74) is 1.18. The van der Waals surface area contributed by atoms with Crippen molar-refractivity contribution in [3.8, 4) is 0 Å². The number of nitrogens with one attached hydrogen (secondary N) is 1. The Morgan fingerprint density at radius 2 is 2.29 bits per heavy atom. The molecule has 0 amide bonds. The number of rotatable bonds is 3. The zero-order valence-electron chi connectivity index (χ0n) is 10.9. The normalized spacial score (nSPS) is 21.5. The molecule has 4 nitrogen and oxygen atoms in total. The molecule has 0 aliphatic carbocycles. The summed E-state index contributed by atoms with van der Waals surface area (Å²) in [6.07, 6.45) is 2.08. The fourth-order valence-corrected chi connectivity index (χ4v) is 2.08. The standard InChI is InChI=1S/C12H22N4.ClH/c1-10(2)16-6-4-12(14-16)9-15-7-5-13-8-11(15)3;/h4,6,10-11,13H,5,7-9H2,1-3H3;1H. The minimum atomic E-state index is 0. The number of hydrogen-bond donors (Lipinski definition) is 1. The molecule has 0 bridgehead atoms. The average Bonchev–Trinajstić information content (AvgIpc) is 2.70. The second-order valence-corrected chi connectivity index (χ2v) is 4.90. The van der Waals surface area contributed by atoms with Crippen molar-refractivity contribution >= 4 is 12.4 Å². The van der Waals surface area contributed by atoms with Crippen LogP contribution < -0.4 is 5.32 Å². The van der Waals surface area contributed by atoms with Crippen LogP contribution in [0.15, 0.2) is 12.3 Å². The fraction of sp³-hybridized carbons (Fsp3) is 0.750. The van der Waals surface area contributed by atoms with Gasteiger partial charge in [-0.15, -0.1) is 12.4 Å². The molecule has 0 saturated carbocycles. The Morgan fingerprint density at radius 3 is 2.88 bits per heavy atom. The van der Waals surface area contributed by atoms with Crippen LogP contribution in [0, 0.1) is 0 Å². The van der Waals surface area contributed by atoms with Crippen LogP contribution in [0.25, 0.3) is 0 Å². The van der Waals surface area contributed by atoms with Crippen molar-refractivity contribution in [3.05, 3.63) is 18.0 Å². The third-order valence-corrected chi connectivity index (χ3v) is 3.20. The van der Waals surface area contributed by atoms with E-state index in [1.165, 1.54) is 5.69 Å². The van der Waals surface area contributed by atoms with E-state index in [4.69, 9.17) is 0 Å². The maximum atomic E-state index is 4.59. The monoisotopic (exact) mass is 258 g/mol. The Kier molecular flexibility index (Phi) is 5.43. The van der Waals surface area contributed by atoms with Gasteiger partial charge in [0.1, 0.15) is 0 Å². The van der Waals surface area contributed by atoms with Gasteiger partial charge < -0.3 is 5.32 Å². The Hall–Kier alpha value is -0.580. The van der Waals surface area contributed by atoms with Gasteiger partial charge in [0.15, 0.2) is 0 Å². The van der Waals surface area contributed by atoms with E-state index in [0.717, 1.165) is 26.2 Å². The molecule has 17 heavy (non-hydrogen) atoms. The van der Waals surface area contributed by atoms with Gasteiger partial charge in [0.2, 0.25) is 0 Å². The molecule has 5 heteroatoms. The smallest absolute Gasteiger partial charge is 0.0765 e. The molecule has 0 radical (unpaired) electrons. The summed E-state index contributed by atoms with van der Waals surface area (Å²) in [6, 6.07) is 3.20. The molecule has 2 heterocycles. The molecule has 1 unspecified atom stereocenters. The Labute approximate surface area is 110 Å². The minimum absolute atomic E-state index is 0. The fourth-order valence-electron chi connectivity index (χ4n) is 2.08. The van der Waals surface area contributed by atoms with Crippen LogP contribution >= 0.6 is 12.4 Å². The molecule has 1 N–H and O–H groups in total. The zero-order chi connectivity index (χ0) is 11.5. The van der Waals surface area contributed by atoms with Gasteiger partial charge in [-0.1, -0.05) is 0 Å². The first-order chi connectivity index (χ1) is 7.66. The summed E-state index contributed by atoms with van der Waals surface area (Å²) in [7, 11) is 0. The van der Waals surface area contributed by atoms with E-state index in [9.17, 15) is 0 Å². The lowest BCUT2D eigenvalue weighted by atomic mass is 10.2. The lowest BCUT2D eigenvalue weighted by Crippen LogP contribution is -2.49. The van der Waals surface area contributed by atoms with Gasteiger partial charge in [0.25, 0.3) is 0 Å². The van der Waals surface area contributed by atoms with Gasteiger partial charge in [-0.3, -0.25) is 9.58 Å². The molecule has 1 aliphatic heterocycles. The number of piperazine rings is 1. The number of hydrogen-bond acceptors (Lipinski definition) is 3. The predicted molar refractivity (Wildman–Crippen MR) is 72.6 cm³/mol. The third-order valence-electron chi connectivity index (χ3n) is 3.20. The van der Waals surface area contributed by atoms with Crippen molar-refractivity contribution in [2.45, 2.75) is 39.4 Å². The SMILES string of the molecule is CC1CNCCN1Cc1ccn(C(C)C)n1.Cl. The van der Waals surface area contributed by atoms with Crippen molar-refractivity contribution in [2.24, 2.45) is 0 Å². The highest BCUT2D eigenvalue weighted by molar-refractivity contribution is 5.85. The van der Waals surface area contributed by atoms with E-state index < -0.39 is 0 Å². The topological polar surface area (TPSA) is 33.1 Å². The van der Waals surface area contributed by atoms with Crippen molar-refractivity contribution in [1.29, 1.82) is 0 Å². The van der Waals surface area contributed by atoms with E-state index in [-0.39, 0.29) is 12.4 Å². The van der Waals surface area contributed by atoms with Crippen LogP contribution in [-0.4, -0.2) is 40.4 Å². The van der Waals surface area contributed by atoms with E-state index in [1.807, 2.05) is 4.68 Å². The first-order valence-electron chi connectivity index (χ1n) is 6.15. The van der Waals surface area contributed by atoms with Crippen molar-refractivity contribution in [3.63, 3.8) is 0 Å². The number of aromatic nitrogens is 2. The van der Waals surface area contributed by atoms with Crippen LogP contribution in [0.2, 0.25) is 0 Å². The second kappa shape index (κ2) is 6.38. The molecule has 0 spiro atoms. The van der Waals surface area contributed by atoms with E-state index >= 15 is 0 Å². The minimum Gasteiger partial charge on any atom is -0.314 e. The molecule has 1 atom stereocenters. The summed E-state index contributed by atoms with van der Waals surface area (Å²) < 4.78 is 2.03. The lowest BCUT2D eigenvalue weighted by Gasteiger charge is -2.33. The molecule has 1 aromatic rings. The highest BCUT2D eigenvalue weighted by Gasteiger charge is 2.18. The van der Waals surface area contributed by atoms with Gasteiger partial charge in [-0.2, -0.15) is 5.10 Å². The van der Waals surface area contributed by atoms with E-state index in [0.29, 0.717) is 12.1 Å². The largest absolute Gasteiger partial charge is 0.314 e. The van der Waals surface area contributed by atoms with Crippen LogP contribution in [0.5, 0.6) is 0 Å². The average molecular weight is 259 g/mol. The summed E-state index contributed by atoms with van der Waals surface area (Å²) in [5, 5.41) is 8.00. The summed E-state index contributed by atoms with van der Waals surface area (Å²) in [6.45, 7) is 10.9. The predicted octanol–water partition coefficient (Wildman–Crippen LogP) is 1.68. The van der Waals surface area contributed by atoms with Crippen LogP contribution in [-0.2, 0) is 6.54 Å². The molecule has 2 rings (SSSR count). The van der Waals surface area contributed by atoms with Crippen LogP contribution in [0.4, 0.5) is 0 Å². The van der Waals surface area contributed by atoms with Gasteiger partial charge in [-0.05, 0) is 26.8 Å². The van der Waals surface area contributed by atoms with Crippen molar-refractivity contribution in [1.82, 2.24) is 20.0 Å². The first kappa shape index (κ1) is 14.5. The summed E-state index contributed by atoms with van der Waals surface area (Å²) >= 11 is 0. The number of nitrogens with zero attached hydrogens (tertiary/aromatic N) is 3.